The van der Waals surface area contributed by atoms with Crippen LogP contribution in [0, 0.1) is 0 Å². The van der Waals surface area contributed by atoms with Crippen molar-refractivity contribution >= 4 is 10.9 Å². The van der Waals surface area contributed by atoms with Gasteiger partial charge in [-0.3, -0.25) is 4.98 Å². The number of para-hydroxylation sites is 2. The van der Waals surface area contributed by atoms with Gasteiger partial charge in [-0.25, -0.2) is 9.97 Å². The number of fused-ring (bicyclic) bond motifs is 10. The maximum absolute atomic E-state index is 6.65. The number of aromatic nitrogens is 3. The summed E-state index contributed by atoms with van der Waals surface area (Å²) in [6, 6.07) is 55.3. The second-order valence-corrected chi connectivity index (χ2v) is 12.4. The number of rotatable bonds is 3. The molecule has 0 saturated heterocycles. The molecule has 6 aromatic carbocycles. The highest BCUT2D eigenvalue weighted by Crippen LogP contribution is 2.62. The van der Waals surface area contributed by atoms with E-state index < -0.39 is 5.41 Å². The van der Waals surface area contributed by atoms with Crippen LogP contribution in [0.2, 0.25) is 0 Å². The van der Waals surface area contributed by atoms with Crippen LogP contribution < -0.4 is 4.74 Å². The van der Waals surface area contributed by atoms with Crippen LogP contribution >= 0.6 is 0 Å². The van der Waals surface area contributed by atoms with Gasteiger partial charge >= 0.3 is 0 Å². The summed E-state index contributed by atoms with van der Waals surface area (Å²) in [5, 5.41) is 0.980. The fraction of sp³-hybridized carbons (Fsp3) is 0.0227. The molecule has 2 aliphatic rings. The largest absolute Gasteiger partial charge is 0.457 e. The number of ether oxygens (including phenoxy) is 1. The molecule has 8 aromatic rings. The molecule has 1 spiro atoms. The molecule has 4 nitrogen and oxygen atoms in total. The number of pyridine rings is 1. The van der Waals surface area contributed by atoms with E-state index in [4.69, 9.17) is 14.7 Å². The van der Waals surface area contributed by atoms with E-state index in [2.05, 4.69) is 126 Å². The molecule has 48 heavy (non-hydrogen) atoms. The Kier molecular flexibility index (Phi) is 5.75. The van der Waals surface area contributed by atoms with Crippen molar-refractivity contribution in [2.24, 2.45) is 0 Å². The minimum atomic E-state index is -0.510. The van der Waals surface area contributed by atoms with Gasteiger partial charge in [-0.2, -0.15) is 0 Å². The molecule has 1 aliphatic heterocycles. The summed E-state index contributed by atoms with van der Waals surface area (Å²) in [4.78, 5) is 14.7. The van der Waals surface area contributed by atoms with Gasteiger partial charge in [-0.1, -0.05) is 115 Å². The molecule has 10 rings (SSSR count). The Labute approximate surface area is 278 Å². The third-order valence-corrected chi connectivity index (χ3v) is 9.81. The van der Waals surface area contributed by atoms with E-state index in [0.29, 0.717) is 5.82 Å². The van der Waals surface area contributed by atoms with Crippen LogP contribution in [0.5, 0.6) is 11.5 Å². The molecule has 3 heterocycles. The lowest BCUT2D eigenvalue weighted by Gasteiger charge is -2.39. The first-order valence-corrected chi connectivity index (χ1v) is 16.2. The molecule has 0 fully saturated rings. The molecule has 1 aliphatic carbocycles. The minimum absolute atomic E-state index is 0.510. The molecule has 0 bridgehead atoms. The van der Waals surface area contributed by atoms with Crippen molar-refractivity contribution in [3.05, 3.63) is 186 Å². The van der Waals surface area contributed by atoms with E-state index in [1.165, 1.54) is 22.3 Å². The SMILES string of the molecule is c1ccc(-c2nc(-c3cccc(-c4ccc5c(c4)C4(c6ccccc6O5)c5ccccc5-c5ccccc54)c3)nc3ccccc23)nc1. The van der Waals surface area contributed by atoms with E-state index in [-0.39, 0.29) is 0 Å². The van der Waals surface area contributed by atoms with Gasteiger partial charge in [0.1, 0.15) is 17.2 Å². The molecule has 0 N–H and O–H groups in total. The lowest BCUT2D eigenvalue weighted by atomic mass is 9.66. The van der Waals surface area contributed by atoms with Crippen molar-refractivity contribution in [3.63, 3.8) is 0 Å². The first-order valence-electron chi connectivity index (χ1n) is 16.2. The lowest BCUT2D eigenvalue weighted by Crippen LogP contribution is -2.32. The number of benzene rings is 6. The number of nitrogens with zero attached hydrogens (tertiary/aromatic N) is 3. The van der Waals surface area contributed by atoms with Crippen molar-refractivity contribution in [1.82, 2.24) is 15.0 Å². The van der Waals surface area contributed by atoms with Gasteiger partial charge in [-0.15, -0.1) is 0 Å². The Morgan fingerprint density at radius 1 is 0.458 bits per heavy atom. The molecule has 4 heteroatoms. The Balaban J connectivity index is 1.17. The monoisotopic (exact) mass is 613 g/mol. The van der Waals surface area contributed by atoms with E-state index in [1.54, 1.807) is 6.20 Å². The Morgan fingerprint density at radius 2 is 1.12 bits per heavy atom. The second-order valence-electron chi connectivity index (χ2n) is 12.4. The zero-order valence-electron chi connectivity index (χ0n) is 25.8. The molecule has 0 radical (unpaired) electrons. The summed E-state index contributed by atoms with van der Waals surface area (Å²) < 4.78 is 6.65. The molecule has 224 valence electrons. The normalized spacial score (nSPS) is 13.3. The fourth-order valence-corrected chi connectivity index (χ4v) is 7.78. The number of hydrogen-bond donors (Lipinski definition) is 0. The summed E-state index contributed by atoms with van der Waals surface area (Å²) in [5.74, 6) is 2.43. The molecular weight excluding hydrogens is 587 g/mol. The Morgan fingerprint density at radius 3 is 1.94 bits per heavy atom. The van der Waals surface area contributed by atoms with Crippen LogP contribution in [-0.2, 0) is 5.41 Å². The predicted octanol–water partition coefficient (Wildman–Crippen LogP) is 10.5. The summed E-state index contributed by atoms with van der Waals surface area (Å²) in [6.07, 6.45) is 1.80. The van der Waals surface area contributed by atoms with Gasteiger partial charge in [0.15, 0.2) is 5.82 Å². The average Bonchev–Trinajstić information content (AvgIpc) is 3.45. The van der Waals surface area contributed by atoms with E-state index in [1.807, 2.05) is 36.4 Å². The lowest BCUT2D eigenvalue weighted by molar-refractivity contribution is 0.436. The van der Waals surface area contributed by atoms with Crippen LogP contribution in [0.1, 0.15) is 22.3 Å². The smallest absolute Gasteiger partial charge is 0.160 e. The summed E-state index contributed by atoms with van der Waals surface area (Å²) in [7, 11) is 0. The highest BCUT2D eigenvalue weighted by atomic mass is 16.5. The Hall–Kier alpha value is -6.39. The minimum Gasteiger partial charge on any atom is -0.457 e. The molecule has 0 amide bonds. The maximum atomic E-state index is 6.65. The van der Waals surface area contributed by atoms with Gasteiger partial charge in [0.2, 0.25) is 0 Å². The summed E-state index contributed by atoms with van der Waals surface area (Å²) >= 11 is 0. The quantitative estimate of drug-likeness (QED) is 0.199. The van der Waals surface area contributed by atoms with Gasteiger partial charge in [0.05, 0.1) is 16.6 Å². The predicted molar refractivity (Wildman–Crippen MR) is 191 cm³/mol. The van der Waals surface area contributed by atoms with Crippen molar-refractivity contribution in [2.45, 2.75) is 5.41 Å². The Bertz CT molecular complexity index is 2510. The van der Waals surface area contributed by atoms with Gasteiger partial charge in [0, 0.05) is 28.3 Å². The number of hydrogen-bond acceptors (Lipinski definition) is 4. The third-order valence-electron chi connectivity index (χ3n) is 9.81. The molecule has 2 aromatic heterocycles. The highest BCUT2D eigenvalue weighted by molar-refractivity contribution is 5.93. The van der Waals surface area contributed by atoms with Crippen LogP contribution in [0.4, 0.5) is 0 Å². The molecule has 0 atom stereocenters. The van der Waals surface area contributed by atoms with Gasteiger partial charge in [0.25, 0.3) is 0 Å². The van der Waals surface area contributed by atoms with E-state index >= 15 is 0 Å². The van der Waals surface area contributed by atoms with Crippen LogP contribution in [0.3, 0.4) is 0 Å². The summed E-state index contributed by atoms with van der Waals surface area (Å²) in [5.41, 5.74) is 12.5. The second kappa shape index (κ2) is 10.3. The standard InChI is InChI=1S/C44H27N3O/c1-4-17-34-31(14-1)32-15-2-5-18-35(32)44(34)36-19-6-8-22-40(36)48-41-24-23-29(27-37(41)44)28-12-11-13-30(26-28)43-46-38-20-7-3-16-33(38)42(47-43)39-21-9-10-25-45-39/h1-27H. The maximum Gasteiger partial charge on any atom is 0.160 e. The topological polar surface area (TPSA) is 47.9 Å². The summed E-state index contributed by atoms with van der Waals surface area (Å²) in [6.45, 7) is 0. The molecule has 0 unspecified atom stereocenters. The zero-order valence-corrected chi connectivity index (χ0v) is 25.8. The van der Waals surface area contributed by atoms with Crippen molar-refractivity contribution in [2.75, 3.05) is 0 Å². The van der Waals surface area contributed by atoms with E-state index in [9.17, 15) is 0 Å². The molecule has 0 saturated carbocycles. The first-order chi connectivity index (χ1) is 23.8. The van der Waals surface area contributed by atoms with Gasteiger partial charge < -0.3 is 4.74 Å². The van der Waals surface area contributed by atoms with Crippen LogP contribution in [0.15, 0.2) is 164 Å². The first kappa shape index (κ1) is 26.8. The van der Waals surface area contributed by atoms with E-state index in [0.717, 1.165) is 61.6 Å². The van der Waals surface area contributed by atoms with Crippen LogP contribution in [-0.4, -0.2) is 15.0 Å². The zero-order chi connectivity index (χ0) is 31.7. The van der Waals surface area contributed by atoms with Crippen LogP contribution in [0.25, 0.3) is 55.9 Å². The average molecular weight is 614 g/mol. The fourth-order valence-electron chi connectivity index (χ4n) is 7.78. The van der Waals surface area contributed by atoms with Crippen molar-refractivity contribution in [1.29, 1.82) is 0 Å². The highest BCUT2D eigenvalue weighted by Gasteiger charge is 2.50. The molecular formula is C44H27N3O. The van der Waals surface area contributed by atoms with Gasteiger partial charge in [-0.05, 0) is 75.8 Å². The van der Waals surface area contributed by atoms with Crippen molar-refractivity contribution < 1.29 is 4.74 Å². The van der Waals surface area contributed by atoms with Crippen molar-refractivity contribution in [3.8, 4) is 56.5 Å². The third kappa shape index (κ3) is 3.80.